The van der Waals surface area contributed by atoms with Crippen LogP contribution in [0.4, 0.5) is 29.5 Å². The molecule has 36 heavy (non-hydrogen) atoms. The molecule has 3 N–H and O–H groups in total. The SMILES string of the molecule is C#C.O=CNc1cnccn1.c1c(Nc2nc(N3CCC3)nc(N3CCOCC3)n2)n[nH]c1C1CC1. The number of amides is 1. The molecule has 1 aliphatic carbocycles. The predicted molar refractivity (Wildman–Crippen MR) is 135 cm³/mol. The Labute approximate surface area is 209 Å². The molecule has 3 aromatic heterocycles. The van der Waals surface area contributed by atoms with Crippen LogP contribution < -0.4 is 20.4 Å². The zero-order valence-electron chi connectivity index (χ0n) is 19.9. The lowest BCUT2D eigenvalue weighted by Crippen LogP contribution is -2.40. The largest absolute Gasteiger partial charge is 0.378 e. The maximum Gasteiger partial charge on any atom is 0.235 e. The van der Waals surface area contributed by atoms with Crippen LogP contribution in [0.5, 0.6) is 0 Å². The molecule has 1 saturated carbocycles. The Balaban J connectivity index is 0.000000234. The third-order valence-electron chi connectivity index (χ3n) is 5.67. The number of hydrogen-bond acceptors (Lipinski definition) is 11. The predicted octanol–water partition coefficient (Wildman–Crippen LogP) is 1.56. The quantitative estimate of drug-likeness (QED) is 0.326. The van der Waals surface area contributed by atoms with Gasteiger partial charge in [-0.25, -0.2) is 4.98 Å². The van der Waals surface area contributed by atoms with Gasteiger partial charge in [0.05, 0.1) is 19.4 Å². The standard InChI is InChI=1S/C16H22N8O.C5H5N3O.C2H2/c1-4-23(5-1)15-18-14(17-13-10-12(21-22-13)11-2-3-11)19-16(20-15)24-6-8-25-9-7-24;9-4-8-5-3-6-1-2-7-5;1-2/h10-11H,1-9H2,(H2,17,18,19,20,21,22);1-4H,(H,7,8,9);1-2H. The molecule has 0 atom stereocenters. The topological polar surface area (TPSA) is 150 Å². The molecule has 13 nitrogen and oxygen atoms in total. The minimum Gasteiger partial charge on any atom is -0.378 e. The van der Waals surface area contributed by atoms with Crippen molar-refractivity contribution in [3.05, 3.63) is 30.4 Å². The van der Waals surface area contributed by atoms with Crippen LogP contribution in [0.15, 0.2) is 24.7 Å². The monoisotopic (exact) mass is 491 g/mol. The number of aromatic amines is 1. The van der Waals surface area contributed by atoms with Gasteiger partial charge in [0.2, 0.25) is 24.3 Å². The van der Waals surface area contributed by atoms with Gasteiger partial charge in [-0.1, -0.05) is 0 Å². The molecule has 0 aromatic carbocycles. The van der Waals surface area contributed by atoms with Crippen LogP contribution in [0.2, 0.25) is 0 Å². The molecule has 3 aromatic rings. The third kappa shape index (κ3) is 6.63. The Morgan fingerprint density at radius 1 is 1.00 bits per heavy atom. The third-order valence-corrected chi connectivity index (χ3v) is 5.67. The Kier molecular flexibility index (Phi) is 8.55. The highest BCUT2D eigenvalue weighted by molar-refractivity contribution is 5.67. The van der Waals surface area contributed by atoms with Crippen molar-refractivity contribution in [2.45, 2.75) is 25.2 Å². The first-order valence-electron chi connectivity index (χ1n) is 11.7. The Morgan fingerprint density at radius 3 is 2.31 bits per heavy atom. The summed E-state index contributed by atoms with van der Waals surface area (Å²) in [6.07, 6.45) is 16.7. The van der Waals surface area contributed by atoms with Crippen molar-refractivity contribution < 1.29 is 9.53 Å². The van der Waals surface area contributed by atoms with Crippen molar-refractivity contribution in [2.24, 2.45) is 0 Å². The molecule has 6 rings (SSSR count). The summed E-state index contributed by atoms with van der Waals surface area (Å²) in [5.41, 5.74) is 1.19. The molecule has 0 bridgehead atoms. The molecule has 0 unspecified atom stereocenters. The van der Waals surface area contributed by atoms with E-state index in [0.29, 0.717) is 43.3 Å². The van der Waals surface area contributed by atoms with Gasteiger partial charge in [-0.2, -0.15) is 20.1 Å². The minimum absolute atomic E-state index is 0.465. The summed E-state index contributed by atoms with van der Waals surface area (Å²) in [5, 5.41) is 13.0. The van der Waals surface area contributed by atoms with E-state index < -0.39 is 0 Å². The molecule has 13 heteroatoms. The number of aromatic nitrogens is 7. The zero-order valence-corrected chi connectivity index (χ0v) is 19.9. The molecule has 0 spiro atoms. The molecular weight excluding hydrogens is 462 g/mol. The van der Waals surface area contributed by atoms with Crippen LogP contribution in [-0.4, -0.2) is 80.9 Å². The summed E-state index contributed by atoms with van der Waals surface area (Å²) in [6.45, 7) is 5.02. The normalized spacial score (nSPS) is 16.4. The molecule has 1 amide bonds. The van der Waals surface area contributed by atoms with Crippen LogP contribution in [0.1, 0.15) is 30.9 Å². The number of rotatable bonds is 7. The lowest BCUT2D eigenvalue weighted by atomic mass is 10.2. The fourth-order valence-corrected chi connectivity index (χ4v) is 3.52. The number of hydrogen-bond donors (Lipinski definition) is 3. The summed E-state index contributed by atoms with van der Waals surface area (Å²) >= 11 is 0. The van der Waals surface area contributed by atoms with Gasteiger partial charge in [0.15, 0.2) is 11.6 Å². The van der Waals surface area contributed by atoms with E-state index in [0.717, 1.165) is 37.9 Å². The first-order chi connectivity index (χ1) is 17.8. The van der Waals surface area contributed by atoms with Crippen LogP contribution in [0.25, 0.3) is 0 Å². The van der Waals surface area contributed by atoms with E-state index in [1.54, 1.807) is 0 Å². The van der Waals surface area contributed by atoms with Gasteiger partial charge in [-0.3, -0.25) is 14.9 Å². The number of carbonyl (C=O) groups is 1. The first-order valence-corrected chi connectivity index (χ1v) is 11.7. The fraction of sp³-hybridized carbons (Fsp3) is 0.435. The highest BCUT2D eigenvalue weighted by Crippen LogP contribution is 2.39. The number of morpholine rings is 1. The van der Waals surface area contributed by atoms with Crippen LogP contribution in [-0.2, 0) is 9.53 Å². The van der Waals surface area contributed by atoms with Crippen LogP contribution in [0, 0.1) is 12.8 Å². The number of anilines is 5. The molecule has 3 fully saturated rings. The zero-order chi connectivity index (χ0) is 25.2. The van der Waals surface area contributed by atoms with Gasteiger partial charge < -0.3 is 25.2 Å². The highest BCUT2D eigenvalue weighted by Gasteiger charge is 2.26. The molecule has 3 aliphatic rings. The smallest absolute Gasteiger partial charge is 0.235 e. The number of terminal acetylenes is 1. The first kappa shape index (κ1) is 24.8. The summed E-state index contributed by atoms with van der Waals surface area (Å²) in [7, 11) is 0. The molecule has 2 saturated heterocycles. The average molecular weight is 492 g/mol. The van der Waals surface area contributed by atoms with Gasteiger partial charge in [-0.05, 0) is 19.3 Å². The average Bonchev–Trinajstić information content (AvgIpc) is 3.65. The van der Waals surface area contributed by atoms with E-state index >= 15 is 0 Å². The van der Waals surface area contributed by atoms with Crippen molar-refractivity contribution in [1.82, 2.24) is 35.1 Å². The molecule has 0 radical (unpaired) electrons. The van der Waals surface area contributed by atoms with Crippen molar-refractivity contribution in [1.29, 1.82) is 0 Å². The van der Waals surface area contributed by atoms with E-state index in [9.17, 15) is 4.79 Å². The van der Waals surface area contributed by atoms with E-state index in [1.807, 2.05) is 0 Å². The molecule has 188 valence electrons. The second-order valence-corrected chi connectivity index (χ2v) is 8.16. The molecule has 2 aliphatic heterocycles. The Morgan fingerprint density at radius 2 is 1.72 bits per heavy atom. The highest BCUT2D eigenvalue weighted by atomic mass is 16.5. The summed E-state index contributed by atoms with van der Waals surface area (Å²) < 4.78 is 5.44. The maximum atomic E-state index is 9.80. The van der Waals surface area contributed by atoms with Crippen LogP contribution in [0.3, 0.4) is 0 Å². The summed E-state index contributed by atoms with van der Waals surface area (Å²) in [5.74, 6) is 3.86. The fourth-order valence-electron chi connectivity index (χ4n) is 3.52. The molecular formula is C23H29N11O2. The van der Waals surface area contributed by atoms with Gasteiger partial charge in [-0.15, -0.1) is 12.8 Å². The van der Waals surface area contributed by atoms with Crippen molar-refractivity contribution in [3.63, 3.8) is 0 Å². The summed E-state index contributed by atoms with van der Waals surface area (Å²) in [6, 6.07) is 2.05. The van der Waals surface area contributed by atoms with E-state index in [4.69, 9.17) is 4.74 Å². The van der Waals surface area contributed by atoms with Crippen molar-refractivity contribution in [2.75, 3.05) is 59.8 Å². The van der Waals surface area contributed by atoms with Crippen molar-refractivity contribution >= 4 is 35.9 Å². The van der Waals surface area contributed by atoms with Crippen molar-refractivity contribution in [3.8, 4) is 12.8 Å². The number of carbonyl (C=O) groups excluding carboxylic acids is 1. The van der Waals surface area contributed by atoms with Gasteiger partial charge >= 0.3 is 0 Å². The van der Waals surface area contributed by atoms with Gasteiger partial charge in [0.25, 0.3) is 0 Å². The van der Waals surface area contributed by atoms with E-state index in [-0.39, 0.29) is 0 Å². The summed E-state index contributed by atoms with van der Waals surface area (Å²) in [4.78, 5) is 35.5. The lowest BCUT2D eigenvalue weighted by molar-refractivity contribution is -0.105. The number of H-pyrrole nitrogens is 1. The molecule has 5 heterocycles. The lowest BCUT2D eigenvalue weighted by Gasteiger charge is -2.32. The number of ether oxygens (including phenoxy) is 1. The van der Waals surface area contributed by atoms with Crippen LogP contribution >= 0.6 is 0 Å². The second-order valence-electron chi connectivity index (χ2n) is 8.16. The Hall–Kier alpha value is -4.31. The van der Waals surface area contributed by atoms with E-state index in [1.165, 1.54) is 43.5 Å². The maximum absolute atomic E-state index is 9.80. The van der Waals surface area contributed by atoms with Gasteiger partial charge in [0, 0.05) is 56.3 Å². The number of nitrogens with zero attached hydrogens (tertiary/aromatic N) is 8. The van der Waals surface area contributed by atoms with E-state index in [2.05, 4.69) is 74.5 Å². The minimum atomic E-state index is 0.465. The Bertz CT molecular complexity index is 1120. The second kappa shape index (κ2) is 12.4. The van der Waals surface area contributed by atoms with Gasteiger partial charge in [0.1, 0.15) is 0 Å². The number of nitrogens with one attached hydrogen (secondary N) is 3.